The average molecular weight is 368 g/mol. The lowest BCUT2D eigenvalue weighted by atomic mass is 10.0. The number of carboxylic acids is 1. The molecule has 6 nitrogen and oxygen atoms in total. The van der Waals surface area contributed by atoms with E-state index in [2.05, 4.69) is 0 Å². The number of halogens is 2. The molecule has 0 radical (unpaired) electrons. The fourth-order valence-corrected chi connectivity index (χ4v) is 3.57. The van der Waals surface area contributed by atoms with Gasteiger partial charge in [-0.2, -0.15) is 0 Å². The Morgan fingerprint density at radius 1 is 1.28 bits per heavy atom. The Labute approximate surface area is 149 Å². The molecule has 0 amide bonds. The number of anilines is 1. The van der Waals surface area contributed by atoms with Crippen LogP contribution in [0.3, 0.4) is 0 Å². The van der Waals surface area contributed by atoms with Gasteiger partial charge >= 0.3 is 5.97 Å². The van der Waals surface area contributed by atoms with Gasteiger partial charge in [-0.25, -0.2) is 9.18 Å². The van der Waals surface area contributed by atoms with Gasteiger partial charge < -0.3 is 15.7 Å². The van der Waals surface area contributed by atoms with Crippen LogP contribution in [-0.4, -0.2) is 34.6 Å². The maximum atomic E-state index is 14.9. The lowest BCUT2D eigenvalue weighted by Gasteiger charge is -2.24. The molecule has 1 aliphatic carbocycles. The minimum Gasteiger partial charge on any atom is -0.477 e. The predicted molar refractivity (Wildman–Crippen MR) is 94.6 cm³/mol. The molecule has 1 saturated heterocycles. The smallest absolute Gasteiger partial charge is 0.341 e. The number of fused-ring (bicyclic) bond motifs is 1. The Bertz CT molecular complexity index is 910. The monoisotopic (exact) mass is 367 g/mol. The van der Waals surface area contributed by atoms with Gasteiger partial charge in [0.1, 0.15) is 5.56 Å². The van der Waals surface area contributed by atoms with E-state index >= 15 is 0 Å². The summed E-state index contributed by atoms with van der Waals surface area (Å²) in [6, 6.07) is 2.94. The van der Waals surface area contributed by atoms with Crippen molar-refractivity contribution in [2.45, 2.75) is 31.2 Å². The van der Waals surface area contributed by atoms with E-state index in [9.17, 15) is 14.0 Å². The van der Waals surface area contributed by atoms with Crippen LogP contribution < -0.4 is 16.2 Å². The summed E-state index contributed by atoms with van der Waals surface area (Å²) in [5, 5.41) is 9.11. The van der Waals surface area contributed by atoms with Crippen LogP contribution in [0, 0.1) is 5.82 Å². The molecule has 25 heavy (non-hydrogen) atoms. The zero-order valence-corrected chi connectivity index (χ0v) is 14.3. The molecule has 2 aromatic rings. The number of rotatable bonds is 3. The fourth-order valence-electron chi connectivity index (χ4n) is 3.57. The minimum atomic E-state index is -1.31. The molecule has 8 heteroatoms. The van der Waals surface area contributed by atoms with E-state index < -0.39 is 17.3 Å². The van der Waals surface area contributed by atoms with Crippen molar-refractivity contribution in [1.82, 2.24) is 4.40 Å². The molecule has 2 fully saturated rings. The third-order valence-corrected chi connectivity index (χ3v) is 4.87. The van der Waals surface area contributed by atoms with E-state index in [-0.39, 0.29) is 29.9 Å². The van der Waals surface area contributed by atoms with Gasteiger partial charge in [-0.3, -0.25) is 9.20 Å². The third kappa shape index (κ3) is 2.87. The van der Waals surface area contributed by atoms with Crippen LogP contribution in [-0.2, 0) is 0 Å². The van der Waals surface area contributed by atoms with Gasteiger partial charge in [0.2, 0.25) is 0 Å². The molecule has 0 spiro atoms. The van der Waals surface area contributed by atoms with Gasteiger partial charge in [0.05, 0.1) is 17.4 Å². The molecule has 3 heterocycles. The summed E-state index contributed by atoms with van der Waals surface area (Å²) < 4.78 is 16.0. The number of hydrogen-bond acceptors (Lipinski definition) is 4. The highest BCUT2D eigenvalue weighted by Crippen LogP contribution is 2.47. The van der Waals surface area contributed by atoms with Gasteiger partial charge in [0.25, 0.3) is 5.56 Å². The summed E-state index contributed by atoms with van der Waals surface area (Å²) in [5.41, 5.74) is 6.81. The van der Waals surface area contributed by atoms with Gasteiger partial charge in [-0.15, -0.1) is 12.4 Å². The van der Waals surface area contributed by atoms with Crippen molar-refractivity contribution in [3.8, 4) is 0 Å². The first kappa shape index (κ1) is 17.7. The van der Waals surface area contributed by atoms with E-state index in [0.29, 0.717) is 24.3 Å². The van der Waals surface area contributed by atoms with Crippen LogP contribution in [0.4, 0.5) is 10.1 Å². The molecule has 1 saturated carbocycles. The molecular weight excluding hydrogens is 349 g/mol. The number of nitrogens with zero attached hydrogens (tertiary/aromatic N) is 2. The SMILES string of the molecule is Cl.NC1CCN(c2c(F)cn3c(=O)c(C(=O)O)ccc3c2C2CC2)C1. The van der Waals surface area contributed by atoms with E-state index in [1.165, 1.54) is 6.07 Å². The molecule has 1 unspecified atom stereocenters. The molecule has 0 aromatic carbocycles. The first-order valence-corrected chi connectivity index (χ1v) is 8.09. The summed E-state index contributed by atoms with van der Waals surface area (Å²) in [6.45, 7) is 1.27. The van der Waals surface area contributed by atoms with Crippen LogP contribution >= 0.6 is 12.4 Å². The van der Waals surface area contributed by atoms with E-state index in [4.69, 9.17) is 10.8 Å². The number of aromatic carboxylic acids is 1. The van der Waals surface area contributed by atoms with Crippen molar-refractivity contribution >= 4 is 29.6 Å². The molecule has 3 N–H and O–H groups in total. The van der Waals surface area contributed by atoms with Crippen molar-refractivity contribution < 1.29 is 14.3 Å². The highest BCUT2D eigenvalue weighted by Gasteiger charge is 2.34. The largest absolute Gasteiger partial charge is 0.477 e. The number of pyridine rings is 2. The molecule has 0 bridgehead atoms. The summed E-state index contributed by atoms with van der Waals surface area (Å²) in [6.07, 6.45) is 3.80. The first-order chi connectivity index (χ1) is 11.5. The first-order valence-electron chi connectivity index (χ1n) is 8.09. The molecule has 2 aromatic heterocycles. The number of nitrogens with two attached hydrogens (primary N) is 1. The second-order valence-corrected chi connectivity index (χ2v) is 6.62. The van der Waals surface area contributed by atoms with Crippen LogP contribution in [0.2, 0.25) is 0 Å². The standard InChI is InChI=1S/C17H18FN3O3.ClH/c18-12-8-21-13(4-3-11(16(21)22)17(23)24)14(9-1-2-9)15(12)20-6-5-10(19)7-20;/h3-4,8-10H,1-2,5-7,19H2,(H,23,24);1H. The van der Waals surface area contributed by atoms with Gasteiger partial charge in [0.15, 0.2) is 5.82 Å². The Hall–Kier alpha value is -2.12. The van der Waals surface area contributed by atoms with E-state index in [1.54, 1.807) is 6.07 Å². The van der Waals surface area contributed by atoms with Crippen molar-refractivity contribution in [2.24, 2.45) is 5.73 Å². The van der Waals surface area contributed by atoms with Crippen LogP contribution in [0.5, 0.6) is 0 Å². The van der Waals surface area contributed by atoms with Gasteiger partial charge in [0, 0.05) is 24.7 Å². The Morgan fingerprint density at radius 2 is 2.00 bits per heavy atom. The molecule has 1 atom stereocenters. The minimum absolute atomic E-state index is 0. The molecule has 4 rings (SSSR count). The van der Waals surface area contributed by atoms with Crippen LogP contribution in [0.1, 0.15) is 41.1 Å². The number of carbonyl (C=O) groups is 1. The van der Waals surface area contributed by atoms with Crippen LogP contribution in [0.25, 0.3) is 5.52 Å². The van der Waals surface area contributed by atoms with Crippen molar-refractivity contribution in [3.63, 3.8) is 0 Å². The lowest BCUT2D eigenvalue weighted by molar-refractivity contribution is 0.0694. The van der Waals surface area contributed by atoms with Crippen molar-refractivity contribution in [1.29, 1.82) is 0 Å². The molecular formula is C17H19ClFN3O3. The normalized spacial score (nSPS) is 19.9. The van der Waals surface area contributed by atoms with Crippen LogP contribution in [0.15, 0.2) is 23.1 Å². The fraction of sp³-hybridized carbons (Fsp3) is 0.412. The molecule has 2 aliphatic rings. The van der Waals surface area contributed by atoms with Gasteiger partial charge in [-0.1, -0.05) is 0 Å². The topological polar surface area (TPSA) is 88.0 Å². The molecule has 1 aliphatic heterocycles. The second-order valence-electron chi connectivity index (χ2n) is 6.62. The zero-order chi connectivity index (χ0) is 17.0. The second kappa shape index (κ2) is 6.31. The zero-order valence-electron chi connectivity index (χ0n) is 13.4. The summed E-state index contributed by atoms with van der Waals surface area (Å²) in [4.78, 5) is 25.5. The Morgan fingerprint density at radius 3 is 2.56 bits per heavy atom. The van der Waals surface area contributed by atoms with Crippen molar-refractivity contribution in [3.05, 3.63) is 45.6 Å². The predicted octanol–water partition coefficient (Wildman–Crippen LogP) is 1.97. The maximum Gasteiger partial charge on any atom is 0.341 e. The Balaban J connectivity index is 0.00000182. The quantitative estimate of drug-likeness (QED) is 0.866. The van der Waals surface area contributed by atoms with E-state index in [1.807, 2.05) is 4.90 Å². The van der Waals surface area contributed by atoms with E-state index in [0.717, 1.165) is 35.4 Å². The maximum absolute atomic E-state index is 14.9. The highest BCUT2D eigenvalue weighted by atomic mass is 35.5. The lowest BCUT2D eigenvalue weighted by Crippen LogP contribution is -2.29. The summed E-state index contributed by atoms with van der Waals surface area (Å²) >= 11 is 0. The number of hydrogen-bond donors (Lipinski definition) is 2. The number of aromatic nitrogens is 1. The van der Waals surface area contributed by atoms with Crippen molar-refractivity contribution in [2.75, 3.05) is 18.0 Å². The summed E-state index contributed by atoms with van der Waals surface area (Å²) in [5.74, 6) is -1.60. The highest BCUT2D eigenvalue weighted by molar-refractivity contribution is 5.88. The van der Waals surface area contributed by atoms with Gasteiger partial charge in [-0.05, 0) is 37.3 Å². The molecule has 134 valence electrons. The summed E-state index contributed by atoms with van der Waals surface area (Å²) in [7, 11) is 0. The third-order valence-electron chi connectivity index (χ3n) is 4.87. The Kier molecular flexibility index (Phi) is 4.47. The average Bonchev–Trinajstić information content (AvgIpc) is 3.28. The number of carboxylic acid groups (broad SMARTS) is 1.